The first-order chi connectivity index (χ1) is 20.3. The van der Waals surface area contributed by atoms with Crippen molar-refractivity contribution in [2.24, 2.45) is 0 Å². The van der Waals surface area contributed by atoms with Crippen LogP contribution in [0.15, 0.2) is 60.7 Å². The van der Waals surface area contributed by atoms with Crippen molar-refractivity contribution < 1.29 is 14.7 Å². The largest absolute Gasteiger partial charge is 0.384 e. The van der Waals surface area contributed by atoms with E-state index in [9.17, 15) is 14.7 Å². The lowest BCUT2D eigenvalue weighted by molar-refractivity contribution is -0.121. The Labute approximate surface area is 254 Å². The Kier molecular flexibility index (Phi) is 9.07. The van der Waals surface area contributed by atoms with Crippen molar-refractivity contribution >= 4 is 23.4 Å². The third-order valence-corrected chi connectivity index (χ3v) is 9.53. The first-order valence-corrected chi connectivity index (χ1v) is 15.6. The Hall–Kier alpha value is -3.19. The maximum absolute atomic E-state index is 13.8. The SMILES string of the molecule is CCC(=O)NCCC[C@@]1(O)c2c(ccc(Cl)c2-c2cccc(CC)c2)[C@]12CCCN(C(=O)c1ccc(CNC)cc1)C2. The quantitative estimate of drug-likeness (QED) is 0.255. The molecule has 2 atom stereocenters. The molecule has 3 aromatic carbocycles. The summed E-state index contributed by atoms with van der Waals surface area (Å²) in [6.07, 6.45) is 3.98. The molecule has 42 heavy (non-hydrogen) atoms. The Morgan fingerprint density at radius 1 is 1.05 bits per heavy atom. The van der Waals surface area contributed by atoms with Gasteiger partial charge < -0.3 is 20.6 Å². The highest BCUT2D eigenvalue weighted by Crippen LogP contribution is 2.64. The predicted octanol–water partition coefficient (Wildman–Crippen LogP) is 5.97. The second kappa shape index (κ2) is 12.6. The van der Waals surface area contributed by atoms with Crippen LogP contribution in [0.2, 0.25) is 5.02 Å². The molecule has 5 rings (SSSR count). The first-order valence-electron chi connectivity index (χ1n) is 15.2. The van der Waals surface area contributed by atoms with Gasteiger partial charge in [0.25, 0.3) is 5.91 Å². The van der Waals surface area contributed by atoms with Gasteiger partial charge in [-0.25, -0.2) is 0 Å². The van der Waals surface area contributed by atoms with Crippen molar-refractivity contribution in [2.45, 2.75) is 69.9 Å². The van der Waals surface area contributed by atoms with Gasteiger partial charge in [-0.05, 0) is 85.2 Å². The lowest BCUT2D eigenvalue weighted by Gasteiger charge is -2.62. The number of carbonyl (C=O) groups excluding carboxylic acids is 2. The Balaban J connectivity index is 1.53. The molecule has 1 aliphatic heterocycles. The van der Waals surface area contributed by atoms with E-state index in [4.69, 9.17) is 11.6 Å². The number of amides is 2. The zero-order valence-electron chi connectivity index (χ0n) is 24.9. The summed E-state index contributed by atoms with van der Waals surface area (Å²) < 4.78 is 0. The van der Waals surface area contributed by atoms with Crippen molar-refractivity contribution in [3.63, 3.8) is 0 Å². The van der Waals surface area contributed by atoms with Crippen molar-refractivity contribution in [1.82, 2.24) is 15.5 Å². The molecule has 1 saturated heterocycles. The Bertz CT molecular complexity index is 1460. The van der Waals surface area contributed by atoms with Crippen molar-refractivity contribution in [3.05, 3.63) is 93.5 Å². The minimum atomic E-state index is -1.20. The van der Waals surface area contributed by atoms with Gasteiger partial charge >= 0.3 is 0 Å². The van der Waals surface area contributed by atoms with Crippen LogP contribution >= 0.6 is 11.6 Å². The summed E-state index contributed by atoms with van der Waals surface area (Å²) in [5.74, 6) is -0.0121. The van der Waals surface area contributed by atoms with Gasteiger partial charge in [0.1, 0.15) is 5.60 Å². The highest BCUT2D eigenvalue weighted by Gasteiger charge is 2.64. The van der Waals surface area contributed by atoms with E-state index in [1.165, 1.54) is 5.56 Å². The number of piperidine rings is 1. The standard InChI is InChI=1S/C35H42ClN3O3/c1-4-24-9-6-10-27(21-24)31-29(36)16-15-28-32(31)35(42,18-7-19-38-30(40)5-2)34(28)17-8-20-39(23-34)33(41)26-13-11-25(12-14-26)22-37-3/h6,9-16,21,37,42H,4-5,7-8,17-20,22-23H2,1-3H3,(H,38,40)/t34-,35-/m1/s1. The number of rotatable bonds is 10. The zero-order valence-corrected chi connectivity index (χ0v) is 25.7. The summed E-state index contributed by atoms with van der Waals surface area (Å²) >= 11 is 6.90. The number of aliphatic hydroxyl groups is 1. The molecule has 6 nitrogen and oxygen atoms in total. The molecule has 7 heteroatoms. The van der Waals surface area contributed by atoms with Crippen LogP contribution < -0.4 is 10.6 Å². The summed E-state index contributed by atoms with van der Waals surface area (Å²) in [6.45, 7) is 6.28. The smallest absolute Gasteiger partial charge is 0.253 e. The first kappa shape index (κ1) is 30.3. The highest BCUT2D eigenvalue weighted by molar-refractivity contribution is 6.33. The average Bonchev–Trinajstić information content (AvgIpc) is 3.02. The number of carbonyl (C=O) groups is 2. The van der Waals surface area contributed by atoms with Crippen molar-refractivity contribution in [2.75, 3.05) is 26.7 Å². The van der Waals surface area contributed by atoms with Crippen LogP contribution in [0.1, 0.15) is 78.6 Å². The molecule has 0 radical (unpaired) electrons. The maximum Gasteiger partial charge on any atom is 0.253 e. The van der Waals surface area contributed by atoms with Crippen molar-refractivity contribution in [3.8, 4) is 11.1 Å². The molecule has 3 N–H and O–H groups in total. The Morgan fingerprint density at radius 2 is 1.83 bits per heavy atom. The summed E-state index contributed by atoms with van der Waals surface area (Å²) in [5, 5.41) is 19.5. The van der Waals surface area contributed by atoms with E-state index < -0.39 is 11.0 Å². The number of benzene rings is 3. The van der Waals surface area contributed by atoms with E-state index in [1.807, 2.05) is 55.3 Å². The van der Waals surface area contributed by atoms with Gasteiger partial charge in [-0.1, -0.05) is 67.9 Å². The minimum absolute atomic E-state index is 0.000927. The van der Waals surface area contributed by atoms with E-state index in [-0.39, 0.29) is 11.8 Å². The predicted molar refractivity (Wildman–Crippen MR) is 169 cm³/mol. The van der Waals surface area contributed by atoms with Gasteiger partial charge in [0.15, 0.2) is 0 Å². The van der Waals surface area contributed by atoms with E-state index >= 15 is 0 Å². The summed E-state index contributed by atoms with van der Waals surface area (Å²) in [7, 11) is 1.90. The molecule has 2 amide bonds. The average molecular weight is 588 g/mol. The summed E-state index contributed by atoms with van der Waals surface area (Å²) in [6, 6.07) is 20.1. The van der Waals surface area contributed by atoms with Crippen LogP contribution in [-0.4, -0.2) is 48.5 Å². The minimum Gasteiger partial charge on any atom is -0.384 e. The molecule has 0 bridgehead atoms. The Morgan fingerprint density at radius 3 is 2.55 bits per heavy atom. The van der Waals surface area contributed by atoms with Gasteiger partial charge in [0.2, 0.25) is 5.91 Å². The molecule has 0 aromatic heterocycles. The van der Waals surface area contributed by atoms with Crippen LogP contribution in [-0.2, 0) is 28.8 Å². The lowest BCUT2D eigenvalue weighted by Crippen LogP contribution is -2.66. The number of likely N-dealkylation sites (tertiary alicyclic amines) is 1. The third-order valence-electron chi connectivity index (χ3n) is 9.22. The second-order valence-electron chi connectivity index (χ2n) is 11.7. The number of nitrogens with one attached hydrogen (secondary N) is 2. The number of hydrogen-bond donors (Lipinski definition) is 3. The monoisotopic (exact) mass is 587 g/mol. The van der Waals surface area contributed by atoms with E-state index in [2.05, 4.69) is 41.8 Å². The summed E-state index contributed by atoms with van der Waals surface area (Å²) in [4.78, 5) is 27.6. The van der Waals surface area contributed by atoms with Crippen LogP contribution in [0, 0.1) is 0 Å². The number of halogens is 1. The molecule has 0 saturated carbocycles. The molecule has 1 heterocycles. The number of nitrogens with zero attached hydrogens (tertiary/aromatic N) is 1. The van der Waals surface area contributed by atoms with Gasteiger partial charge in [0.05, 0.1) is 0 Å². The molecule has 2 aliphatic rings. The molecular weight excluding hydrogens is 546 g/mol. The van der Waals surface area contributed by atoms with Crippen LogP contribution in [0.5, 0.6) is 0 Å². The number of aryl methyl sites for hydroxylation is 1. The fourth-order valence-electron chi connectivity index (χ4n) is 7.03. The van der Waals surface area contributed by atoms with Crippen LogP contribution in [0.4, 0.5) is 0 Å². The number of fused-ring (bicyclic) bond motifs is 2. The molecular formula is C35H42ClN3O3. The zero-order chi connectivity index (χ0) is 29.9. The highest BCUT2D eigenvalue weighted by atomic mass is 35.5. The van der Waals surface area contributed by atoms with Gasteiger partial charge in [-0.2, -0.15) is 0 Å². The topological polar surface area (TPSA) is 81.7 Å². The lowest BCUT2D eigenvalue weighted by atomic mass is 9.47. The normalized spacial score (nSPS) is 21.1. The second-order valence-corrected chi connectivity index (χ2v) is 12.1. The summed E-state index contributed by atoms with van der Waals surface area (Å²) in [5.41, 5.74) is 4.99. The maximum atomic E-state index is 13.8. The fourth-order valence-corrected chi connectivity index (χ4v) is 7.30. The molecule has 1 fully saturated rings. The number of hydrogen-bond acceptors (Lipinski definition) is 4. The molecule has 1 aliphatic carbocycles. The third kappa shape index (κ3) is 5.36. The van der Waals surface area contributed by atoms with Crippen LogP contribution in [0.25, 0.3) is 11.1 Å². The van der Waals surface area contributed by atoms with E-state index in [1.54, 1.807) is 0 Å². The van der Waals surface area contributed by atoms with E-state index in [0.717, 1.165) is 53.6 Å². The van der Waals surface area contributed by atoms with Crippen LogP contribution in [0.3, 0.4) is 0 Å². The van der Waals surface area contributed by atoms with Crippen molar-refractivity contribution in [1.29, 1.82) is 0 Å². The fraction of sp³-hybridized carbons (Fsp3) is 0.429. The van der Waals surface area contributed by atoms with Gasteiger partial charge in [-0.3, -0.25) is 9.59 Å². The van der Waals surface area contributed by atoms with Gasteiger partial charge in [-0.15, -0.1) is 0 Å². The molecule has 1 spiro atoms. The van der Waals surface area contributed by atoms with Gasteiger partial charge in [0, 0.05) is 54.2 Å². The molecule has 0 unspecified atom stereocenters. The molecule has 3 aromatic rings. The van der Waals surface area contributed by atoms with E-state index in [0.29, 0.717) is 49.5 Å². The molecule has 222 valence electrons.